The van der Waals surface area contributed by atoms with E-state index in [1.165, 1.54) is 18.2 Å². The molecule has 3 rings (SSSR count). The first-order valence-electron chi connectivity index (χ1n) is 6.84. The molecule has 0 aliphatic heterocycles. The second-order valence-electron chi connectivity index (χ2n) is 5.10. The number of benzene rings is 2. The largest absolute Gasteiger partial charge is 0.335 e. The van der Waals surface area contributed by atoms with Crippen LogP contribution in [0.4, 0.5) is 10.1 Å². The summed E-state index contributed by atoms with van der Waals surface area (Å²) in [5, 5.41) is 3.98. The summed E-state index contributed by atoms with van der Waals surface area (Å²) in [5.41, 5.74) is 2.41. The number of fused-ring (bicyclic) bond motifs is 1. The first-order valence-corrected chi connectivity index (χ1v) is 7.22. The quantitative estimate of drug-likeness (QED) is 0.764. The van der Waals surface area contributed by atoms with Gasteiger partial charge in [0.25, 0.3) is 0 Å². The number of rotatable bonds is 3. The second-order valence-corrected chi connectivity index (χ2v) is 5.51. The number of nitrogens with zero attached hydrogens (tertiary/aromatic N) is 1. The van der Waals surface area contributed by atoms with E-state index >= 15 is 0 Å². The van der Waals surface area contributed by atoms with Gasteiger partial charge in [-0.3, -0.25) is 4.79 Å². The molecule has 3 aromatic rings. The number of aromatic nitrogens is 1. The molecular formula is C17H14ClFN2O. The van der Waals surface area contributed by atoms with Gasteiger partial charge in [0.05, 0.1) is 10.7 Å². The highest BCUT2D eigenvalue weighted by Crippen LogP contribution is 2.23. The van der Waals surface area contributed by atoms with Gasteiger partial charge < -0.3 is 9.88 Å². The van der Waals surface area contributed by atoms with Crippen molar-refractivity contribution < 1.29 is 9.18 Å². The van der Waals surface area contributed by atoms with Crippen LogP contribution in [0.5, 0.6) is 0 Å². The van der Waals surface area contributed by atoms with E-state index in [0.717, 1.165) is 16.6 Å². The molecule has 0 radical (unpaired) electrons. The average Bonchev–Trinajstić information content (AvgIpc) is 2.78. The maximum atomic E-state index is 13.0. The average molecular weight is 317 g/mol. The van der Waals surface area contributed by atoms with Gasteiger partial charge in [0.1, 0.15) is 12.4 Å². The molecule has 112 valence electrons. The first kappa shape index (κ1) is 14.6. The smallest absolute Gasteiger partial charge is 0.244 e. The summed E-state index contributed by atoms with van der Waals surface area (Å²) in [6.07, 6.45) is 0. The molecule has 22 heavy (non-hydrogen) atoms. The summed E-state index contributed by atoms with van der Waals surface area (Å²) in [4.78, 5) is 12.2. The molecule has 1 N–H and O–H groups in total. The van der Waals surface area contributed by atoms with E-state index in [4.69, 9.17) is 11.6 Å². The zero-order valence-corrected chi connectivity index (χ0v) is 12.7. The summed E-state index contributed by atoms with van der Waals surface area (Å²) in [6.45, 7) is 2.13. The van der Waals surface area contributed by atoms with E-state index in [1.54, 1.807) is 0 Å². The highest BCUT2D eigenvalue weighted by Gasteiger charge is 2.11. The molecule has 1 amide bonds. The summed E-state index contributed by atoms with van der Waals surface area (Å²) in [6, 6.07) is 13.8. The fourth-order valence-electron chi connectivity index (χ4n) is 2.48. The molecular weight excluding hydrogens is 303 g/mol. The molecule has 0 aliphatic rings. The number of para-hydroxylation sites is 1. The predicted molar refractivity (Wildman–Crippen MR) is 86.7 cm³/mol. The SMILES string of the molecule is Cc1cc2ccccc2n1CC(=O)Nc1ccc(F)cc1Cl. The molecule has 2 aromatic carbocycles. The van der Waals surface area contributed by atoms with E-state index in [9.17, 15) is 9.18 Å². The Morgan fingerprint density at radius 3 is 2.77 bits per heavy atom. The van der Waals surface area contributed by atoms with Gasteiger partial charge in [-0.2, -0.15) is 0 Å². The van der Waals surface area contributed by atoms with E-state index < -0.39 is 5.82 Å². The van der Waals surface area contributed by atoms with Crippen molar-refractivity contribution in [2.24, 2.45) is 0 Å². The fourth-order valence-corrected chi connectivity index (χ4v) is 2.70. The lowest BCUT2D eigenvalue weighted by Gasteiger charge is -2.10. The Morgan fingerprint density at radius 2 is 2.00 bits per heavy atom. The Bertz CT molecular complexity index is 857. The van der Waals surface area contributed by atoms with Crippen molar-refractivity contribution in [1.82, 2.24) is 4.57 Å². The third kappa shape index (κ3) is 2.83. The van der Waals surface area contributed by atoms with Gasteiger partial charge >= 0.3 is 0 Å². The number of nitrogens with one attached hydrogen (secondary N) is 1. The minimum Gasteiger partial charge on any atom is -0.335 e. The fraction of sp³-hybridized carbons (Fsp3) is 0.118. The maximum Gasteiger partial charge on any atom is 0.244 e. The van der Waals surface area contributed by atoms with E-state index in [1.807, 2.05) is 41.8 Å². The van der Waals surface area contributed by atoms with Crippen molar-refractivity contribution in [3.05, 3.63) is 65.1 Å². The number of carbonyl (C=O) groups is 1. The van der Waals surface area contributed by atoms with Crippen LogP contribution in [0, 0.1) is 12.7 Å². The molecule has 0 aliphatic carbocycles. The normalized spacial score (nSPS) is 10.9. The number of amides is 1. The lowest BCUT2D eigenvalue weighted by Crippen LogP contribution is -2.19. The number of anilines is 1. The number of halogens is 2. The third-order valence-electron chi connectivity index (χ3n) is 3.52. The minimum absolute atomic E-state index is 0.174. The highest BCUT2D eigenvalue weighted by atomic mass is 35.5. The molecule has 3 nitrogen and oxygen atoms in total. The van der Waals surface area contributed by atoms with Crippen LogP contribution >= 0.6 is 11.6 Å². The number of hydrogen-bond donors (Lipinski definition) is 1. The van der Waals surface area contributed by atoms with E-state index in [-0.39, 0.29) is 17.5 Å². The Kier molecular flexibility index (Phi) is 3.86. The van der Waals surface area contributed by atoms with Gasteiger partial charge in [-0.05, 0) is 42.6 Å². The second kappa shape index (κ2) is 5.81. The Hall–Kier alpha value is -2.33. The molecule has 0 spiro atoms. The number of aryl methyl sites for hydroxylation is 1. The topological polar surface area (TPSA) is 34.0 Å². The van der Waals surface area contributed by atoms with Crippen LogP contribution in [-0.4, -0.2) is 10.5 Å². The van der Waals surface area contributed by atoms with Gasteiger partial charge in [-0.1, -0.05) is 29.8 Å². The molecule has 1 heterocycles. The monoisotopic (exact) mass is 316 g/mol. The lowest BCUT2D eigenvalue weighted by molar-refractivity contribution is -0.116. The summed E-state index contributed by atoms with van der Waals surface area (Å²) in [5.74, 6) is -0.645. The molecule has 0 saturated heterocycles. The zero-order chi connectivity index (χ0) is 15.7. The number of carbonyl (C=O) groups excluding carboxylic acids is 1. The van der Waals surface area contributed by atoms with Crippen molar-refractivity contribution >= 4 is 34.1 Å². The Labute approximate surface area is 132 Å². The summed E-state index contributed by atoms with van der Waals surface area (Å²) in [7, 11) is 0. The van der Waals surface area contributed by atoms with Crippen molar-refractivity contribution in [2.75, 3.05) is 5.32 Å². The standard InChI is InChI=1S/C17H14ClFN2O/c1-11-8-12-4-2-3-5-16(12)21(11)10-17(22)20-15-7-6-13(19)9-14(15)18/h2-9H,10H2,1H3,(H,20,22). The molecule has 0 fully saturated rings. The zero-order valence-electron chi connectivity index (χ0n) is 11.9. The van der Waals surface area contributed by atoms with Crippen LogP contribution in [-0.2, 0) is 11.3 Å². The van der Waals surface area contributed by atoms with Crippen molar-refractivity contribution in [3.8, 4) is 0 Å². The molecule has 5 heteroatoms. The van der Waals surface area contributed by atoms with Gasteiger partial charge in [-0.25, -0.2) is 4.39 Å². The molecule has 0 unspecified atom stereocenters. The van der Waals surface area contributed by atoms with Gasteiger partial charge in [0, 0.05) is 11.2 Å². The van der Waals surface area contributed by atoms with Crippen molar-refractivity contribution in [1.29, 1.82) is 0 Å². The first-order chi connectivity index (χ1) is 10.5. The lowest BCUT2D eigenvalue weighted by atomic mass is 10.2. The van der Waals surface area contributed by atoms with Gasteiger partial charge in [0.2, 0.25) is 5.91 Å². The van der Waals surface area contributed by atoms with Gasteiger partial charge in [0.15, 0.2) is 0 Å². The van der Waals surface area contributed by atoms with Crippen LogP contribution < -0.4 is 5.32 Å². The van der Waals surface area contributed by atoms with Gasteiger partial charge in [-0.15, -0.1) is 0 Å². The maximum absolute atomic E-state index is 13.0. The van der Waals surface area contributed by atoms with E-state index in [0.29, 0.717) is 5.69 Å². The molecule has 0 bridgehead atoms. The molecule has 0 atom stereocenters. The van der Waals surface area contributed by atoms with Crippen LogP contribution in [0.25, 0.3) is 10.9 Å². The minimum atomic E-state index is -0.435. The van der Waals surface area contributed by atoms with Crippen LogP contribution in [0.1, 0.15) is 5.69 Å². The molecule has 0 saturated carbocycles. The van der Waals surface area contributed by atoms with Crippen LogP contribution in [0.3, 0.4) is 0 Å². The van der Waals surface area contributed by atoms with Crippen molar-refractivity contribution in [3.63, 3.8) is 0 Å². The molecule has 1 aromatic heterocycles. The van der Waals surface area contributed by atoms with E-state index in [2.05, 4.69) is 5.32 Å². The van der Waals surface area contributed by atoms with Crippen molar-refractivity contribution in [2.45, 2.75) is 13.5 Å². The number of hydrogen-bond acceptors (Lipinski definition) is 1. The highest BCUT2D eigenvalue weighted by molar-refractivity contribution is 6.33. The summed E-state index contributed by atoms with van der Waals surface area (Å²) >= 11 is 5.92. The third-order valence-corrected chi connectivity index (χ3v) is 3.84. The summed E-state index contributed by atoms with van der Waals surface area (Å²) < 4.78 is 14.9. The van der Waals surface area contributed by atoms with Crippen LogP contribution in [0.2, 0.25) is 5.02 Å². The van der Waals surface area contributed by atoms with Crippen LogP contribution in [0.15, 0.2) is 48.5 Å². The Balaban J connectivity index is 1.83. The Morgan fingerprint density at radius 1 is 1.23 bits per heavy atom. The predicted octanol–water partition coefficient (Wildman–Crippen LogP) is 4.38.